The Labute approximate surface area is 75.9 Å². The number of carbonyl (C=O) groups excluding carboxylic acids is 1. The van der Waals surface area contributed by atoms with Crippen LogP contribution in [0.5, 0.6) is 0 Å². The van der Waals surface area contributed by atoms with Gasteiger partial charge in [-0.2, -0.15) is 0 Å². The van der Waals surface area contributed by atoms with Gasteiger partial charge >= 0.3 is 0 Å². The molecule has 0 unspecified atom stereocenters. The Morgan fingerprint density at radius 3 is 2.46 bits per heavy atom. The second-order valence-electron chi connectivity index (χ2n) is 3.37. The van der Waals surface area contributed by atoms with Crippen molar-refractivity contribution in [3.05, 3.63) is 0 Å². The zero-order valence-corrected chi connectivity index (χ0v) is 7.60. The number of aliphatic hydroxyl groups is 3. The molecule has 0 bridgehead atoms. The van der Waals surface area contributed by atoms with Crippen LogP contribution in [0.15, 0.2) is 0 Å². The highest BCUT2D eigenvalue weighted by Gasteiger charge is 2.51. The van der Waals surface area contributed by atoms with Gasteiger partial charge in [-0.1, -0.05) is 0 Å². The van der Waals surface area contributed by atoms with Crippen LogP contribution in [-0.4, -0.2) is 45.2 Å². The van der Waals surface area contributed by atoms with E-state index in [1.807, 2.05) is 0 Å². The van der Waals surface area contributed by atoms with Crippen molar-refractivity contribution in [3.8, 4) is 0 Å². The summed E-state index contributed by atoms with van der Waals surface area (Å²) in [4.78, 5) is 11.1. The lowest BCUT2D eigenvalue weighted by Gasteiger charge is -2.41. The van der Waals surface area contributed by atoms with E-state index in [1.165, 1.54) is 13.8 Å². The predicted molar refractivity (Wildman–Crippen MR) is 42.8 cm³/mol. The summed E-state index contributed by atoms with van der Waals surface area (Å²) in [6.07, 6.45) is -3.45. The summed E-state index contributed by atoms with van der Waals surface area (Å²) in [6, 6.07) is 0. The van der Waals surface area contributed by atoms with Crippen molar-refractivity contribution in [1.29, 1.82) is 0 Å². The Morgan fingerprint density at radius 1 is 1.54 bits per heavy atom. The Balaban J connectivity index is 2.89. The van der Waals surface area contributed by atoms with Crippen LogP contribution in [0.3, 0.4) is 0 Å². The topological polar surface area (TPSA) is 87.0 Å². The van der Waals surface area contributed by atoms with Gasteiger partial charge in [0.05, 0.1) is 12.2 Å². The van der Waals surface area contributed by atoms with Crippen LogP contribution < -0.4 is 0 Å². The van der Waals surface area contributed by atoms with E-state index in [-0.39, 0.29) is 6.42 Å². The average Bonchev–Trinajstić information content (AvgIpc) is 1.99. The van der Waals surface area contributed by atoms with Crippen molar-refractivity contribution in [1.82, 2.24) is 0 Å². The molecule has 1 heterocycles. The molecule has 1 fully saturated rings. The highest BCUT2D eigenvalue weighted by molar-refractivity contribution is 5.86. The van der Waals surface area contributed by atoms with Crippen molar-refractivity contribution < 1.29 is 24.9 Å². The van der Waals surface area contributed by atoms with Crippen LogP contribution in [0.2, 0.25) is 0 Å². The van der Waals surface area contributed by atoms with Crippen LogP contribution in [-0.2, 0) is 9.53 Å². The van der Waals surface area contributed by atoms with Crippen molar-refractivity contribution in [3.63, 3.8) is 0 Å². The molecule has 5 heteroatoms. The minimum absolute atomic E-state index is 0.152. The third-order valence-electron chi connectivity index (χ3n) is 2.48. The van der Waals surface area contributed by atoms with E-state index in [9.17, 15) is 15.0 Å². The second kappa shape index (κ2) is 3.34. The number of carbonyl (C=O) groups is 1. The number of aliphatic hydroxyl groups excluding tert-OH is 2. The Kier molecular flexibility index (Phi) is 2.72. The number of ether oxygens (including phenoxy) is 1. The lowest BCUT2D eigenvalue weighted by Crippen LogP contribution is -2.62. The molecule has 1 saturated heterocycles. The first kappa shape index (κ1) is 10.6. The summed E-state index contributed by atoms with van der Waals surface area (Å²) in [5.41, 5.74) is -1.89. The van der Waals surface area contributed by atoms with Crippen LogP contribution in [0.1, 0.15) is 20.3 Å². The molecular weight excluding hydrogens is 176 g/mol. The average molecular weight is 190 g/mol. The smallest absolute Gasteiger partial charge is 0.174 e. The Hall–Kier alpha value is -0.490. The van der Waals surface area contributed by atoms with E-state index in [4.69, 9.17) is 9.84 Å². The van der Waals surface area contributed by atoms with Crippen LogP contribution >= 0.6 is 0 Å². The van der Waals surface area contributed by atoms with E-state index >= 15 is 0 Å². The highest BCUT2D eigenvalue weighted by atomic mass is 16.6. The van der Waals surface area contributed by atoms with Crippen molar-refractivity contribution in [2.75, 3.05) is 0 Å². The van der Waals surface area contributed by atoms with Crippen LogP contribution in [0.4, 0.5) is 0 Å². The second-order valence-corrected chi connectivity index (χ2v) is 3.37. The summed E-state index contributed by atoms with van der Waals surface area (Å²) in [6.45, 7) is 2.62. The predicted octanol–water partition coefficient (Wildman–Crippen LogP) is -1.21. The lowest BCUT2D eigenvalue weighted by molar-refractivity contribution is -0.259. The largest absolute Gasteiger partial charge is 0.389 e. The van der Waals surface area contributed by atoms with Crippen molar-refractivity contribution >= 4 is 5.78 Å². The molecule has 1 rings (SSSR count). The zero-order chi connectivity index (χ0) is 10.2. The normalized spacial score (nSPS) is 46.1. The molecule has 0 spiro atoms. The molecular formula is C8H14O5. The van der Waals surface area contributed by atoms with Crippen LogP contribution in [0, 0.1) is 0 Å². The first-order valence-electron chi connectivity index (χ1n) is 4.14. The van der Waals surface area contributed by atoms with Crippen molar-refractivity contribution in [2.45, 2.75) is 44.4 Å². The summed E-state index contributed by atoms with van der Waals surface area (Å²) >= 11 is 0. The van der Waals surface area contributed by atoms with Gasteiger partial charge in [0.1, 0.15) is 0 Å². The number of ketones is 1. The molecule has 0 saturated carbocycles. The molecule has 4 atom stereocenters. The van der Waals surface area contributed by atoms with E-state index in [0.29, 0.717) is 0 Å². The Morgan fingerprint density at radius 2 is 2.08 bits per heavy atom. The molecule has 1 aliphatic heterocycles. The summed E-state index contributed by atoms with van der Waals surface area (Å²) in [5.74, 6) is -0.556. The first-order chi connectivity index (χ1) is 5.89. The van der Waals surface area contributed by atoms with Gasteiger partial charge < -0.3 is 20.1 Å². The van der Waals surface area contributed by atoms with E-state index in [0.717, 1.165) is 0 Å². The number of hydrogen-bond donors (Lipinski definition) is 3. The molecule has 1 aliphatic rings. The highest BCUT2D eigenvalue weighted by Crippen LogP contribution is 2.29. The lowest BCUT2D eigenvalue weighted by atomic mass is 9.83. The quantitative estimate of drug-likeness (QED) is 0.483. The zero-order valence-electron chi connectivity index (χ0n) is 7.60. The van der Waals surface area contributed by atoms with Gasteiger partial charge in [0, 0.05) is 6.42 Å². The molecule has 3 N–H and O–H groups in total. The Bertz CT molecular complexity index is 203. The maximum Gasteiger partial charge on any atom is 0.174 e. The van der Waals surface area contributed by atoms with Crippen molar-refractivity contribution in [2.24, 2.45) is 0 Å². The minimum Gasteiger partial charge on any atom is -0.389 e. The van der Waals surface area contributed by atoms with Gasteiger partial charge in [0.15, 0.2) is 17.7 Å². The summed E-state index contributed by atoms with van der Waals surface area (Å²) < 4.78 is 4.86. The minimum atomic E-state index is -1.89. The van der Waals surface area contributed by atoms with Gasteiger partial charge in [-0.25, -0.2) is 0 Å². The van der Waals surface area contributed by atoms with Gasteiger partial charge in [-0.05, 0) is 13.8 Å². The summed E-state index contributed by atoms with van der Waals surface area (Å²) in [5, 5.41) is 28.3. The van der Waals surface area contributed by atoms with Gasteiger partial charge in [0.25, 0.3) is 0 Å². The van der Waals surface area contributed by atoms with E-state index in [2.05, 4.69) is 0 Å². The van der Waals surface area contributed by atoms with Gasteiger partial charge in [-0.3, -0.25) is 4.79 Å². The molecule has 0 aliphatic carbocycles. The standard InChI is InChI=1S/C8H14O5/c1-4(9)8(12)5(2)13-7(11)3-6(8)10/h5-7,10-12H,3H2,1-2H3/t5-,6+,7+,8+/m0/s1. The molecule has 5 nitrogen and oxygen atoms in total. The fourth-order valence-corrected chi connectivity index (χ4v) is 1.56. The monoisotopic (exact) mass is 190 g/mol. The fraction of sp³-hybridized carbons (Fsp3) is 0.875. The molecule has 0 amide bonds. The molecule has 0 aromatic heterocycles. The molecule has 0 aromatic carbocycles. The SMILES string of the molecule is CC(=O)[C@]1(O)[C@H](O)C[C@H](O)O[C@H]1C. The van der Waals surface area contributed by atoms with Crippen LogP contribution in [0.25, 0.3) is 0 Å². The summed E-state index contributed by atoms with van der Waals surface area (Å²) in [7, 11) is 0. The van der Waals surface area contributed by atoms with E-state index < -0.39 is 29.9 Å². The van der Waals surface area contributed by atoms with Gasteiger partial charge in [0.2, 0.25) is 0 Å². The molecule has 0 aromatic rings. The maximum atomic E-state index is 11.1. The maximum absolute atomic E-state index is 11.1. The molecule has 76 valence electrons. The van der Waals surface area contributed by atoms with Gasteiger partial charge in [-0.15, -0.1) is 0 Å². The number of Topliss-reactive ketones (excluding diaryl/α,β-unsaturated/α-hetero) is 1. The fourth-order valence-electron chi connectivity index (χ4n) is 1.56. The molecule has 13 heavy (non-hydrogen) atoms. The first-order valence-corrected chi connectivity index (χ1v) is 4.14. The third-order valence-corrected chi connectivity index (χ3v) is 2.48. The third kappa shape index (κ3) is 1.60. The number of rotatable bonds is 1. The molecule has 0 radical (unpaired) electrons. The van der Waals surface area contributed by atoms with E-state index in [1.54, 1.807) is 0 Å². The number of hydrogen-bond acceptors (Lipinski definition) is 5.